The highest BCUT2D eigenvalue weighted by atomic mass is 79.9. The maximum atomic E-state index is 12.8. The van der Waals surface area contributed by atoms with E-state index < -0.39 is 11.8 Å². The van der Waals surface area contributed by atoms with Crippen LogP contribution in [0.2, 0.25) is 0 Å². The minimum Gasteiger partial charge on any atom is -0.493 e. The lowest BCUT2D eigenvalue weighted by molar-refractivity contribution is 0.0471. The summed E-state index contributed by atoms with van der Waals surface area (Å²) in [5.41, 5.74) is 1.02. The van der Waals surface area contributed by atoms with Crippen molar-refractivity contribution in [3.8, 4) is 11.5 Å². The van der Waals surface area contributed by atoms with Gasteiger partial charge in [0.05, 0.1) is 19.8 Å². The van der Waals surface area contributed by atoms with Gasteiger partial charge in [-0.2, -0.15) is 0 Å². The molecule has 0 saturated heterocycles. The van der Waals surface area contributed by atoms with Crippen LogP contribution in [0.3, 0.4) is 0 Å². The van der Waals surface area contributed by atoms with Crippen LogP contribution >= 0.6 is 15.9 Å². The maximum absolute atomic E-state index is 12.8. The Morgan fingerprint density at radius 3 is 2.27 bits per heavy atom. The van der Waals surface area contributed by atoms with Gasteiger partial charge in [-0.15, -0.1) is 0 Å². The molecule has 0 spiro atoms. The molecule has 0 heterocycles. The maximum Gasteiger partial charge on any atom is 0.338 e. The van der Waals surface area contributed by atoms with Gasteiger partial charge in [0, 0.05) is 10.0 Å². The molecule has 22 heavy (non-hydrogen) atoms. The van der Waals surface area contributed by atoms with Crippen LogP contribution < -0.4 is 9.47 Å². The smallest absolute Gasteiger partial charge is 0.338 e. The van der Waals surface area contributed by atoms with Crippen LogP contribution in [0.25, 0.3) is 0 Å². The molecule has 6 heteroatoms. The third-order valence-corrected chi connectivity index (χ3v) is 3.73. The van der Waals surface area contributed by atoms with Crippen molar-refractivity contribution >= 4 is 21.9 Å². The van der Waals surface area contributed by atoms with Crippen molar-refractivity contribution in [3.05, 3.63) is 57.8 Å². The van der Waals surface area contributed by atoms with E-state index in [2.05, 4.69) is 15.9 Å². The molecule has 0 unspecified atom stereocenters. The topological polar surface area (TPSA) is 44.8 Å². The second-order valence-electron chi connectivity index (χ2n) is 4.38. The van der Waals surface area contributed by atoms with Crippen molar-refractivity contribution in [1.82, 2.24) is 0 Å². The number of carbonyl (C=O) groups excluding carboxylic acids is 1. The number of ether oxygens (including phenoxy) is 3. The largest absolute Gasteiger partial charge is 0.493 e. The van der Waals surface area contributed by atoms with Gasteiger partial charge in [-0.05, 0) is 36.4 Å². The van der Waals surface area contributed by atoms with Gasteiger partial charge in [0.2, 0.25) is 0 Å². The van der Waals surface area contributed by atoms with Gasteiger partial charge in [-0.3, -0.25) is 0 Å². The van der Waals surface area contributed by atoms with Crippen LogP contribution in [-0.4, -0.2) is 20.2 Å². The zero-order chi connectivity index (χ0) is 16.1. The first-order chi connectivity index (χ1) is 10.5. The molecule has 0 aliphatic heterocycles. The molecule has 0 N–H and O–H groups in total. The van der Waals surface area contributed by atoms with Gasteiger partial charge < -0.3 is 14.2 Å². The molecule has 4 nitrogen and oxygen atoms in total. The molecule has 0 amide bonds. The Kier molecular flexibility index (Phi) is 5.38. The van der Waals surface area contributed by atoms with E-state index in [9.17, 15) is 9.18 Å². The minimum absolute atomic E-state index is 0.0527. The lowest BCUT2D eigenvalue weighted by atomic mass is 10.2. The third-order valence-electron chi connectivity index (χ3n) is 2.99. The number of rotatable bonds is 5. The number of methoxy groups -OCH3 is 2. The van der Waals surface area contributed by atoms with Crippen LogP contribution in [0.4, 0.5) is 4.39 Å². The van der Waals surface area contributed by atoms with Crippen molar-refractivity contribution in [2.75, 3.05) is 14.2 Å². The van der Waals surface area contributed by atoms with Crippen LogP contribution in [0.1, 0.15) is 15.9 Å². The average Bonchev–Trinajstić information content (AvgIpc) is 2.53. The van der Waals surface area contributed by atoms with Crippen LogP contribution in [-0.2, 0) is 11.3 Å². The summed E-state index contributed by atoms with van der Waals surface area (Å²) in [6.07, 6.45) is 0. The second-order valence-corrected chi connectivity index (χ2v) is 5.24. The Morgan fingerprint density at radius 2 is 1.68 bits per heavy atom. The monoisotopic (exact) mass is 368 g/mol. The van der Waals surface area contributed by atoms with Crippen molar-refractivity contribution < 1.29 is 23.4 Å². The van der Waals surface area contributed by atoms with Gasteiger partial charge >= 0.3 is 5.97 Å². The molecule has 0 bridgehead atoms. The van der Waals surface area contributed by atoms with Crippen molar-refractivity contribution in [1.29, 1.82) is 0 Å². The molecule has 0 atom stereocenters. The van der Waals surface area contributed by atoms with Crippen molar-refractivity contribution in [2.24, 2.45) is 0 Å². The Hall–Kier alpha value is -2.08. The van der Waals surface area contributed by atoms with Gasteiger partial charge in [0.1, 0.15) is 12.4 Å². The fourth-order valence-corrected chi connectivity index (χ4v) is 2.26. The van der Waals surface area contributed by atoms with E-state index in [4.69, 9.17) is 14.2 Å². The summed E-state index contributed by atoms with van der Waals surface area (Å²) in [6, 6.07) is 8.63. The molecule has 0 saturated carbocycles. The van der Waals surface area contributed by atoms with Crippen molar-refractivity contribution in [3.63, 3.8) is 0 Å². The zero-order valence-electron chi connectivity index (χ0n) is 12.1. The summed E-state index contributed by atoms with van der Waals surface area (Å²) < 4.78 is 29.2. The molecular formula is C16H14BrFO4. The Balaban J connectivity index is 2.11. The Morgan fingerprint density at radius 1 is 1.09 bits per heavy atom. The third kappa shape index (κ3) is 3.76. The van der Waals surface area contributed by atoms with Crippen LogP contribution in [0, 0.1) is 5.82 Å². The molecule has 0 fully saturated rings. The Bertz CT molecular complexity index is 671. The predicted molar refractivity (Wildman–Crippen MR) is 82.8 cm³/mol. The summed E-state index contributed by atoms with van der Waals surface area (Å²) in [5.74, 6) is 0.183. The van der Waals surface area contributed by atoms with Crippen molar-refractivity contribution in [2.45, 2.75) is 6.61 Å². The fraction of sp³-hybridized carbons (Fsp3) is 0.188. The normalized spacial score (nSPS) is 10.2. The molecule has 2 rings (SSSR count). The van der Waals surface area contributed by atoms with E-state index in [-0.39, 0.29) is 12.2 Å². The molecule has 0 radical (unpaired) electrons. The highest BCUT2D eigenvalue weighted by molar-refractivity contribution is 9.10. The highest BCUT2D eigenvalue weighted by Gasteiger charge is 2.12. The van der Waals surface area contributed by atoms with E-state index >= 15 is 0 Å². The lowest BCUT2D eigenvalue weighted by Gasteiger charge is -2.12. The highest BCUT2D eigenvalue weighted by Crippen LogP contribution is 2.33. The first kappa shape index (κ1) is 16.3. The van der Waals surface area contributed by atoms with Crippen LogP contribution in [0.5, 0.6) is 11.5 Å². The first-order valence-electron chi connectivity index (χ1n) is 6.38. The van der Waals surface area contributed by atoms with E-state index in [0.717, 1.165) is 10.0 Å². The van der Waals surface area contributed by atoms with Gasteiger partial charge in [-0.1, -0.05) is 15.9 Å². The summed E-state index contributed by atoms with van der Waals surface area (Å²) in [7, 11) is 3.07. The lowest BCUT2D eigenvalue weighted by Crippen LogP contribution is -2.06. The van der Waals surface area contributed by atoms with E-state index in [1.54, 1.807) is 19.2 Å². The number of carbonyl (C=O) groups is 1. The quantitative estimate of drug-likeness (QED) is 0.749. The number of esters is 1. The predicted octanol–water partition coefficient (Wildman–Crippen LogP) is 3.96. The number of hydrogen-bond donors (Lipinski definition) is 0. The number of benzene rings is 2. The average molecular weight is 369 g/mol. The standard InChI is InChI=1S/C16H14BrFO4/c1-20-14-7-11(13(17)8-15(14)21-2)9-22-16(19)10-3-5-12(18)6-4-10/h3-8H,9H2,1-2H3. The van der Waals surface area contributed by atoms with Gasteiger partial charge in [0.25, 0.3) is 0 Å². The first-order valence-corrected chi connectivity index (χ1v) is 7.17. The molecule has 116 valence electrons. The molecule has 0 aromatic heterocycles. The molecule has 2 aromatic rings. The van der Waals surface area contributed by atoms with Gasteiger partial charge in [0.15, 0.2) is 11.5 Å². The second kappa shape index (κ2) is 7.26. The van der Waals surface area contributed by atoms with Crippen LogP contribution in [0.15, 0.2) is 40.9 Å². The summed E-state index contributed by atoms with van der Waals surface area (Å²) >= 11 is 3.39. The van der Waals surface area contributed by atoms with E-state index in [0.29, 0.717) is 11.5 Å². The molecule has 2 aromatic carbocycles. The fourth-order valence-electron chi connectivity index (χ4n) is 1.82. The summed E-state index contributed by atoms with van der Waals surface area (Å²) in [6.45, 7) is 0.0527. The molecule has 0 aliphatic carbocycles. The number of hydrogen-bond acceptors (Lipinski definition) is 4. The minimum atomic E-state index is -0.526. The molecule has 0 aliphatic rings. The van der Waals surface area contributed by atoms with E-state index in [1.807, 2.05) is 0 Å². The molecular weight excluding hydrogens is 355 g/mol. The SMILES string of the molecule is COc1cc(Br)c(COC(=O)c2ccc(F)cc2)cc1OC. The summed E-state index contributed by atoms with van der Waals surface area (Å²) in [5, 5.41) is 0. The Labute approximate surface area is 135 Å². The van der Waals surface area contributed by atoms with Gasteiger partial charge in [-0.25, -0.2) is 9.18 Å². The van der Waals surface area contributed by atoms with E-state index in [1.165, 1.54) is 31.4 Å². The number of halogens is 2. The zero-order valence-corrected chi connectivity index (χ0v) is 13.6. The summed E-state index contributed by atoms with van der Waals surface area (Å²) in [4.78, 5) is 11.9.